The minimum atomic E-state index is -0.308. The number of furan rings is 1. The van der Waals surface area contributed by atoms with Crippen molar-refractivity contribution in [1.29, 1.82) is 0 Å². The van der Waals surface area contributed by atoms with Crippen LogP contribution in [0.3, 0.4) is 0 Å². The molecule has 0 radical (unpaired) electrons. The normalized spacial score (nSPS) is 14.2. The summed E-state index contributed by atoms with van der Waals surface area (Å²) in [4.78, 5) is 0. The lowest BCUT2D eigenvalue weighted by Gasteiger charge is -2.28. The highest BCUT2D eigenvalue weighted by atomic mass is 19.1. The molecule has 0 aliphatic rings. The largest absolute Gasteiger partial charge is 0.456 e. The molecule has 1 atom stereocenters. The van der Waals surface area contributed by atoms with Crippen molar-refractivity contribution in [2.24, 2.45) is 5.41 Å². The number of rotatable bonds is 2. The first kappa shape index (κ1) is 12.1. The molecular weight excluding hydrogens is 217 g/mol. The van der Waals surface area contributed by atoms with E-state index in [9.17, 15) is 4.39 Å². The van der Waals surface area contributed by atoms with Gasteiger partial charge in [-0.3, -0.25) is 0 Å². The number of hydrogen-bond acceptors (Lipinski definition) is 2. The zero-order valence-electron chi connectivity index (χ0n) is 10.7. The summed E-state index contributed by atoms with van der Waals surface area (Å²) in [7, 11) is 1.89. The van der Waals surface area contributed by atoms with Crippen LogP contribution in [0.15, 0.2) is 28.7 Å². The number of para-hydroxylation sites is 1. The van der Waals surface area contributed by atoms with Crippen LogP contribution >= 0.6 is 0 Å². The van der Waals surface area contributed by atoms with Crippen molar-refractivity contribution in [2.75, 3.05) is 7.05 Å². The summed E-state index contributed by atoms with van der Waals surface area (Å²) in [6, 6.07) is 6.95. The molecule has 0 bridgehead atoms. The molecule has 92 valence electrons. The molecule has 0 saturated heterocycles. The van der Waals surface area contributed by atoms with Gasteiger partial charge in [-0.05, 0) is 24.6 Å². The van der Waals surface area contributed by atoms with Crippen LogP contribution in [0.4, 0.5) is 4.39 Å². The molecule has 0 aliphatic carbocycles. The van der Waals surface area contributed by atoms with Gasteiger partial charge in [-0.1, -0.05) is 32.9 Å². The van der Waals surface area contributed by atoms with Gasteiger partial charge >= 0.3 is 0 Å². The van der Waals surface area contributed by atoms with E-state index in [1.165, 1.54) is 6.07 Å². The van der Waals surface area contributed by atoms with Crippen molar-refractivity contribution in [2.45, 2.75) is 26.8 Å². The van der Waals surface area contributed by atoms with E-state index in [0.717, 1.165) is 11.1 Å². The average Bonchev–Trinajstić information content (AvgIpc) is 2.61. The minimum Gasteiger partial charge on any atom is -0.456 e. The maximum atomic E-state index is 13.5. The lowest BCUT2D eigenvalue weighted by atomic mass is 9.85. The molecule has 1 aromatic heterocycles. The van der Waals surface area contributed by atoms with Gasteiger partial charge in [-0.25, -0.2) is 4.39 Å². The Labute approximate surface area is 101 Å². The molecule has 3 heteroatoms. The molecule has 17 heavy (non-hydrogen) atoms. The summed E-state index contributed by atoms with van der Waals surface area (Å²) in [6.07, 6.45) is 0. The van der Waals surface area contributed by atoms with Crippen LogP contribution in [0.1, 0.15) is 32.6 Å². The molecule has 1 aromatic carbocycles. The molecule has 0 aliphatic heterocycles. The highest BCUT2D eigenvalue weighted by Gasteiger charge is 2.28. The van der Waals surface area contributed by atoms with Crippen molar-refractivity contribution in [3.8, 4) is 0 Å². The summed E-state index contributed by atoms with van der Waals surface area (Å²) in [5.41, 5.74) is 0.353. The predicted octanol–water partition coefficient (Wildman–Crippen LogP) is 3.88. The first-order valence-corrected chi connectivity index (χ1v) is 5.78. The fourth-order valence-corrected chi connectivity index (χ4v) is 2.19. The zero-order chi connectivity index (χ0) is 12.6. The second-order valence-corrected chi connectivity index (χ2v) is 5.39. The van der Waals surface area contributed by atoms with Crippen LogP contribution < -0.4 is 5.32 Å². The maximum Gasteiger partial charge on any atom is 0.169 e. The Morgan fingerprint density at radius 1 is 1.29 bits per heavy atom. The van der Waals surface area contributed by atoms with E-state index < -0.39 is 0 Å². The maximum absolute atomic E-state index is 13.5. The van der Waals surface area contributed by atoms with E-state index in [1.807, 2.05) is 19.2 Å². The Kier molecular flexibility index (Phi) is 2.96. The minimum absolute atomic E-state index is 0.0130. The SMILES string of the molecule is CNC(c1cc2cccc(F)c2o1)C(C)(C)C. The summed E-state index contributed by atoms with van der Waals surface area (Å²) >= 11 is 0. The molecule has 2 rings (SSSR count). The number of nitrogens with one attached hydrogen (secondary N) is 1. The van der Waals surface area contributed by atoms with Crippen molar-refractivity contribution < 1.29 is 8.81 Å². The van der Waals surface area contributed by atoms with Crippen molar-refractivity contribution in [1.82, 2.24) is 5.32 Å². The van der Waals surface area contributed by atoms with Crippen molar-refractivity contribution in [3.63, 3.8) is 0 Å². The molecule has 0 amide bonds. The predicted molar refractivity (Wildman–Crippen MR) is 67.4 cm³/mol. The topological polar surface area (TPSA) is 25.2 Å². The van der Waals surface area contributed by atoms with Gasteiger partial charge in [0, 0.05) is 5.39 Å². The summed E-state index contributed by atoms with van der Waals surface area (Å²) in [5, 5.41) is 4.03. The highest BCUT2D eigenvalue weighted by molar-refractivity contribution is 5.78. The number of hydrogen-bond donors (Lipinski definition) is 1. The van der Waals surface area contributed by atoms with Crippen LogP contribution in [0.2, 0.25) is 0 Å². The molecule has 0 saturated carbocycles. The molecule has 2 nitrogen and oxygen atoms in total. The van der Waals surface area contributed by atoms with Crippen LogP contribution in [0.25, 0.3) is 11.0 Å². The zero-order valence-corrected chi connectivity index (χ0v) is 10.7. The monoisotopic (exact) mass is 235 g/mol. The van der Waals surface area contributed by atoms with E-state index in [4.69, 9.17) is 4.42 Å². The lowest BCUT2D eigenvalue weighted by molar-refractivity contribution is 0.253. The molecule has 1 heterocycles. The third-order valence-corrected chi connectivity index (χ3v) is 2.95. The van der Waals surface area contributed by atoms with Gasteiger partial charge in [0.05, 0.1) is 6.04 Å². The Morgan fingerprint density at radius 2 is 2.00 bits per heavy atom. The molecule has 0 fully saturated rings. The molecule has 2 aromatic rings. The fraction of sp³-hybridized carbons (Fsp3) is 0.429. The first-order valence-electron chi connectivity index (χ1n) is 5.78. The van der Waals surface area contributed by atoms with Crippen molar-refractivity contribution in [3.05, 3.63) is 35.8 Å². The van der Waals surface area contributed by atoms with Crippen LogP contribution in [0, 0.1) is 11.2 Å². The molecule has 0 spiro atoms. The van der Waals surface area contributed by atoms with Gasteiger partial charge in [0.25, 0.3) is 0 Å². The van der Waals surface area contributed by atoms with E-state index >= 15 is 0 Å². The van der Waals surface area contributed by atoms with Gasteiger partial charge in [-0.15, -0.1) is 0 Å². The first-order chi connectivity index (χ1) is 7.93. The third-order valence-electron chi connectivity index (χ3n) is 2.95. The second kappa shape index (κ2) is 4.15. The second-order valence-electron chi connectivity index (χ2n) is 5.39. The van der Waals surface area contributed by atoms with E-state index in [0.29, 0.717) is 5.58 Å². The molecule has 1 unspecified atom stereocenters. The van der Waals surface area contributed by atoms with E-state index in [2.05, 4.69) is 26.1 Å². The van der Waals surface area contributed by atoms with Crippen LogP contribution in [0.5, 0.6) is 0 Å². The summed E-state index contributed by atoms with van der Waals surface area (Å²) < 4.78 is 19.2. The highest BCUT2D eigenvalue weighted by Crippen LogP contribution is 2.35. The van der Waals surface area contributed by atoms with E-state index in [1.54, 1.807) is 6.07 Å². The Hall–Kier alpha value is -1.35. The average molecular weight is 235 g/mol. The smallest absolute Gasteiger partial charge is 0.169 e. The summed E-state index contributed by atoms with van der Waals surface area (Å²) in [5.74, 6) is 0.470. The van der Waals surface area contributed by atoms with Gasteiger partial charge < -0.3 is 9.73 Å². The standard InChI is InChI=1S/C14H18FNO/c1-14(2,3)13(16-4)11-8-9-6-5-7-10(15)12(9)17-11/h5-8,13,16H,1-4H3. The fourth-order valence-electron chi connectivity index (χ4n) is 2.19. The Bertz CT molecular complexity index is 524. The van der Waals surface area contributed by atoms with Gasteiger partial charge in [-0.2, -0.15) is 0 Å². The lowest BCUT2D eigenvalue weighted by Crippen LogP contribution is -2.29. The quantitative estimate of drug-likeness (QED) is 0.854. The van der Waals surface area contributed by atoms with Gasteiger partial charge in [0.1, 0.15) is 5.76 Å². The number of halogens is 1. The number of benzene rings is 1. The Morgan fingerprint density at radius 3 is 2.53 bits per heavy atom. The Balaban J connectivity index is 2.52. The number of fused-ring (bicyclic) bond motifs is 1. The van der Waals surface area contributed by atoms with Crippen molar-refractivity contribution >= 4 is 11.0 Å². The van der Waals surface area contributed by atoms with E-state index in [-0.39, 0.29) is 17.3 Å². The van der Waals surface area contributed by atoms with Gasteiger partial charge in [0.2, 0.25) is 0 Å². The molecular formula is C14H18FNO. The van der Waals surface area contributed by atoms with Crippen LogP contribution in [-0.2, 0) is 0 Å². The van der Waals surface area contributed by atoms with Crippen LogP contribution in [-0.4, -0.2) is 7.05 Å². The van der Waals surface area contributed by atoms with Gasteiger partial charge in [0.15, 0.2) is 11.4 Å². The molecule has 1 N–H and O–H groups in total. The summed E-state index contributed by atoms with van der Waals surface area (Å²) in [6.45, 7) is 6.37. The third kappa shape index (κ3) is 2.20.